The van der Waals surface area contributed by atoms with E-state index < -0.39 is 24.0 Å². The molecule has 1 unspecified atom stereocenters. The van der Waals surface area contributed by atoms with E-state index in [4.69, 9.17) is 4.99 Å². The number of aliphatic imine (C=N–C) groups is 1. The number of alkyl halides is 3. The quantitative estimate of drug-likeness (QED) is 0.413. The molecular weight excluding hydrogens is 527 g/mol. The summed E-state index contributed by atoms with van der Waals surface area (Å²) in [5.74, 6) is -2.48. The van der Waals surface area contributed by atoms with Gasteiger partial charge >= 0.3 is 12.1 Å². The number of amides is 1. The number of carbonyl (C=O) groups excluding carboxylic acids is 1. The number of hydrogen-bond acceptors (Lipinski definition) is 5. The van der Waals surface area contributed by atoms with Gasteiger partial charge in [0.1, 0.15) is 10.7 Å². The van der Waals surface area contributed by atoms with Crippen LogP contribution in [0.1, 0.15) is 60.8 Å². The van der Waals surface area contributed by atoms with E-state index in [2.05, 4.69) is 4.90 Å². The Hall–Kier alpha value is -3.40. The van der Waals surface area contributed by atoms with E-state index in [9.17, 15) is 27.9 Å². The van der Waals surface area contributed by atoms with Crippen molar-refractivity contribution >= 4 is 34.7 Å². The molecule has 5 rings (SSSR count). The Morgan fingerprint density at radius 3 is 2.38 bits per heavy atom. The Morgan fingerprint density at radius 2 is 1.79 bits per heavy atom. The largest absolute Gasteiger partial charge is 0.477 e. The van der Waals surface area contributed by atoms with Gasteiger partial charge in [0.05, 0.1) is 24.2 Å². The molecule has 3 aliphatic rings. The van der Waals surface area contributed by atoms with Gasteiger partial charge in [-0.3, -0.25) is 9.79 Å². The summed E-state index contributed by atoms with van der Waals surface area (Å²) >= 11 is 1.09. The lowest BCUT2D eigenvalue weighted by Crippen LogP contribution is -2.43. The zero-order valence-corrected chi connectivity index (χ0v) is 22.5. The van der Waals surface area contributed by atoms with Crippen LogP contribution < -0.4 is 4.90 Å². The van der Waals surface area contributed by atoms with Crippen molar-refractivity contribution in [2.75, 3.05) is 11.4 Å². The van der Waals surface area contributed by atoms with Crippen molar-refractivity contribution < 1.29 is 27.9 Å². The van der Waals surface area contributed by atoms with E-state index in [-0.39, 0.29) is 48.6 Å². The second kappa shape index (κ2) is 10.6. The Bertz CT molecular complexity index is 1340. The van der Waals surface area contributed by atoms with Gasteiger partial charge in [-0.15, -0.1) is 11.3 Å². The highest BCUT2D eigenvalue weighted by atomic mass is 32.1. The minimum Gasteiger partial charge on any atom is -0.477 e. The lowest BCUT2D eigenvalue weighted by atomic mass is 9.81. The number of aromatic carboxylic acids is 1. The molecule has 0 radical (unpaired) electrons. The van der Waals surface area contributed by atoms with Gasteiger partial charge in [-0.25, -0.2) is 4.79 Å². The summed E-state index contributed by atoms with van der Waals surface area (Å²) < 4.78 is 39.4. The maximum atomic E-state index is 13.5. The zero-order chi connectivity index (χ0) is 27.9. The lowest BCUT2D eigenvalue weighted by molar-refractivity contribution is -0.184. The van der Waals surface area contributed by atoms with Crippen LogP contribution in [0.2, 0.25) is 0 Å². The minimum atomic E-state index is -4.26. The number of carboxylic acid groups (broad SMARTS) is 1. The molecule has 0 bridgehead atoms. The van der Waals surface area contributed by atoms with Crippen molar-refractivity contribution in [1.29, 1.82) is 0 Å². The van der Waals surface area contributed by atoms with Crippen molar-refractivity contribution in [2.24, 2.45) is 16.8 Å². The standard InChI is InChI=1S/C29H30F3N3O3S/c1-17(2)35(27(36)20-10-12-21(13-11-20)29(30,31)32)23-15-24(39-26(23)28(37)38)19-8-6-18(7-9-19)22-16-34-14-4-3-5-25(34)33-22/h3-9,14-15,17,20-22H,10-13,16H2,1-2H3,(H,37,38). The number of amidine groups is 1. The normalized spacial score (nSPS) is 22.7. The maximum Gasteiger partial charge on any atom is 0.391 e. The van der Waals surface area contributed by atoms with Crippen molar-refractivity contribution in [2.45, 2.75) is 57.8 Å². The molecule has 1 aromatic heterocycles. The molecule has 2 aliphatic heterocycles. The first-order valence-corrected chi connectivity index (χ1v) is 13.9. The smallest absolute Gasteiger partial charge is 0.391 e. The molecule has 10 heteroatoms. The average Bonchev–Trinajstić information content (AvgIpc) is 3.53. The first-order valence-electron chi connectivity index (χ1n) is 13.1. The van der Waals surface area contributed by atoms with Crippen molar-refractivity contribution in [1.82, 2.24) is 4.90 Å². The number of halogens is 3. The van der Waals surface area contributed by atoms with Crippen LogP contribution in [0.4, 0.5) is 18.9 Å². The number of rotatable bonds is 6. The van der Waals surface area contributed by atoms with E-state index in [1.54, 1.807) is 19.9 Å². The molecule has 3 heterocycles. The number of benzene rings is 1. The third kappa shape index (κ3) is 5.52. The molecule has 1 aliphatic carbocycles. The second-order valence-corrected chi connectivity index (χ2v) is 11.6. The summed E-state index contributed by atoms with van der Waals surface area (Å²) in [5, 5.41) is 9.98. The SMILES string of the molecule is CC(C)N(C(=O)C1CCC(C(F)(F)F)CC1)c1cc(-c2ccc(C3CN4C=CC=CC4=N3)cc2)sc1C(=O)O. The van der Waals surface area contributed by atoms with E-state index in [1.165, 1.54) is 4.90 Å². The number of carbonyl (C=O) groups is 2. The minimum absolute atomic E-state index is 0.00332. The Balaban J connectivity index is 1.38. The van der Waals surface area contributed by atoms with Crippen molar-refractivity contribution in [3.8, 4) is 10.4 Å². The molecule has 0 spiro atoms. The monoisotopic (exact) mass is 557 g/mol. The van der Waals surface area contributed by atoms with Crippen LogP contribution in [-0.2, 0) is 4.79 Å². The lowest BCUT2D eigenvalue weighted by Gasteiger charge is -2.34. The van der Waals surface area contributed by atoms with Crippen molar-refractivity contribution in [3.63, 3.8) is 0 Å². The third-order valence-corrected chi connectivity index (χ3v) is 8.78. The van der Waals surface area contributed by atoms with Crippen LogP contribution >= 0.6 is 11.3 Å². The molecule has 1 atom stereocenters. The number of fused-ring (bicyclic) bond motifs is 1. The summed E-state index contributed by atoms with van der Waals surface area (Å²) in [6, 6.07) is 9.19. The van der Waals surface area contributed by atoms with E-state index >= 15 is 0 Å². The second-order valence-electron chi connectivity index (χ2n) is 10.5. The highest BCUT2D eigenvalue weighted by molar-refractivity contribution is 7.18. The molecule has 6 nitrogen and oxygen atoms in total. The number of anilines is 1. The van der Waals surface area contributed by atoms with Gasteiger partial charge in [0, 0.05) is 23.0 Å². The fourth-order valence-corrected chi connectivity index (χ4v) is 6.54. The third-order valence-electron chi connectivity index (χ3n) is 7.61. The predicted octanol–water partition coefficient (Wildman–Crippen LogP) is 7.06. The van der Waals surface area contributed by atoms with Crippen LogP contribution in [0.15, 0.2) is 59.8 Å². The number of nitrogens with zero attached hydrogens (tertiary/aromatic N) is 3. The van der Waals surface area contributed by atoms with Crippen LogP contribution in [0, 0.1) is 11.8 Å². The van der Waals surface area contributed by atoms with Gasteiger partial charge < -0.3 is 14.9 Å². The van der Waals surface area contributed by atoms with Gasteiger partial charge in [-0.2, -0.15) is 13.2 Å². The van der Waals surface area contributed by atoms with Gasteiger partial charge in [-0.1, -0.05) is 30.3 Å². The first-order chi connectivity index (χ1) is 18.5. The zero-order valence-electron chi connectivity index (χ0n) is 21.7. The number of allylic oxidation sites excluding steroid dienone is 2. The van der Waals surface area contributed by atoms with E-state index in [1.807, 2.05) is 48.7 Å². The van der Waals surface area contributed by atoms with Crippen LogP contribution in [-0.4, -0.2) is 46.5 Å². The molecule has 1 saturated carbocycles. The van der Waals surface area contributed by atoms with Gasteiger partial charge in [0.25, 0.3) is 0 Å². The first kappa shape index (κ1) is 27.2. The summed E-state index contributed by atoms with van der Waals surface area (Å²) in [7, 11) is 0. The fraction of sp³-hybridized carbons (Fsp3) is 0.414. The van der Waals surface area contributed by atoms with Gasteiger partial charge in [0.2, 0.25) is 5.91 Å². The molecule has 2 aromatic rings. The topological polar surface area (TPSA) is 73.2 Å². The number of hydrogen-bond donors (Lipinski definition) is 1. The molecule has 39 heavy (non-hydrogen) atoms. The van der Waals surface area contributed by atoms with Crippen LogP contribution in [0.25, 0.3) is 10.4 Å². The molecule has 1 amide bonds. The van der Waals surface area contributed by atoms with Gasteiger partial charge in [0.15, 0.2) is 0 Å². The predicted molar refractivity (Wildman–Crippen MR) is 146 cm³/mol. The van der Waals surface area contributed by atoms with E-state index in [0.29, 0.717) is 10.6 Å². The van der Waals surface area contributed by atoms with E-state index in [0.717, 1.165) is 34.8 Å². The fourth-order valence-electron chi connectivity index (χ4n) is 5.55. The van der Waals surface area contributed by atoms with Crippen LogP contribution in [0.5, 0.6) is 0 Å². The average molecular weight is 558 g/mol. The number of thiophene rings is 1. The summed E-state index contributed by atoms with van der Waals surface area (Å²) in [4.78, 5) is 34.8. The Morgan fingerprint density at radius 1 is 1.10 bits per heavy atom. The van der Waals surface area contributed by atoms with Crippen LogP contribution in [0.3, 0.4) is 0 Å². The summed E-state index contributed by atoms with van der Waals surface area (Å²) in [5.41, 5.74) is 2.16. The molecule has 0 saturated heterocycles. The Labute approximate surface area is 229 Å². The van der Waals surface area contributed by atoms with Gasteiger partial charge in [-0.05, 0) is 68.9 Å². The summed E-state index contributed by atoms with van der Waals surface area (Å²) in [6.45, 7) is 4.33. The molecular formula is C29H30F3N3O3S. The molecule has 206 valence electrons. The highest BCUT2D eigenvalue weighted by Gasteiger charge is 2.43. The molecule has 1 N–H and O–H groups in total. The molecule has 1 aromatic carbocycles. The summed E-state index contributed by atoms with van der Waals surface area (Å²) in [6.07, 6.45) is 3.74. The highest BCUT2D eigenvalue weighted by Crippen LogP contribution is 2.43. The van der Waals surface area contributed by atoms with Crippen molar-refractivity contribution in [3.05, 3.63) is 65.2 Å². The maximum absolute atomic E-state index is 13.5. The molecule has 1 fully saturated rings. The number of carboxylic acids is 1. The Kier molecular flexibility index (Phi) is 7.41.